The second kappa shape index (κ2) is 13.5. The maximum atomic E-state index is 12.5. The molecule has 1 unspecified atom stereocenters. The molecule has 3 heterocycles. The number of hydrogen-bond acceptors (Lipinski definition) is 6. The van der Waals surface area contributed by atoms with Crippen molar-refractivity contribution >= 4 is 35.1 Å². The Morgan fingerprint density at radius 3 is 2.91 bits per heavy atom. The van der Waals surface area contributed by atoms with Crippen LogP contribution in [0.3, 0.4) is 0 Å². The van der Waals surface area contributed by atoms with E-state index in [9.17, 15) is 4.79 Å². The molecule has 2 aliphatic rings. The molecule has 0 aliphatic carbocycles. The molecular formula is C25H36ClN5O2. The predicted octanol–water partition coefficient (Wildman–Crippen LogP) is 4.41. The first-order chi connectivity index (χ1) is 16.1. The van der Waals surface area contributed by atoms with E-state index in [2.05, 4.69) is 38.9 Å². The Morgan fingerprint density at radius 1 is 1.36 bits per heavy atom. The standard InChI is InChI=1S/C25H36ClN5O2/c1-3-5-21(29-14-19-7-10-33-11-8-19)16-28-13-18(2)22-12-24(30-17-23(22)26)31-25(32)20-6-4-9-27-15-20/h5,12-13,16-17,19-20,27,29H,3-4,6-11,14-15H2,1-2H3,(H,30,31,32)/b18-13+,21-5-,28-16+. The minimum absolute atomic E-state index is 0.00688. The molecule has 180 valence electrons. The molecule has 2 fully saturated rings. The van der Waals surface area contributed by atoms with Gasteiger partial charge in [-0.3, -0.25) is 9.79 Å². The number of allylic oxidation sites excluding steroid dienone is 3. The highest BCUT2D eigenvalue weighted by molar-refractivity contribution is 6.32. The number of amides is 1. The number of piperidine rings is 1. The Hall–Kier alpha value is -2.22. The summed E-state index contributed by atoms with van der Waals surface area (Å²) in [6.07, 6.45) is 12.4. The summed E-state index contributed by atoms with van der Waals surface area (Å²) in [4.78, 5) is 21.3. The van der Waals surface area contributed by atoms with E-state index in [0.717, 1.165) is 75.2 Å². The molecular weight excluding hydrogens is 438 g/mol. The topological polar surface area (TPSA) is 87.6 Å². The third kappa shape index (κ3) is 8.25. The van der Waals surface area contributed by atoms with Crippen molar-refractivity contribution in [1.82, 2.24) is 15.6 Å². The molecule has 1 atom stereocenters. The summed E-state index contributed by atoms with van der Waals surface area (Å²) in [6, 6.07) is 1.81. The van der Waals surface area contributed by atoms with Crippen LogP contribution in [0.5, 0.6) is 0 Å². The van der Waals surface area contributed by atoms with E-state index >= 15 is 0 Å². The van der Waals surface area contributed by atoms with Gasteiger partial charge in [-0.25, -0.2) is 4.98 Å². The van der Waals surface area contributed by atoms with E-state index in [1.165, 1.54) is 0 Å². The molecule has 2 aliphatic heterocycles. The van der Waals surface area contributed by atoms with Crippen molar-refractivity contribution in [3.63, 3.8) is 0 Å². The predicted molar refractivity (Wildman–Crippen MR) is 136 cm³/mol. The van der Waals surface area contributed by atoms with Gasteiger partial charge in [0.05, 0.1) is 10.9 Å². The van der Waals surface area contributed by atoms with Gasteiger partial charge in [0.15, 0.2) is 0 Å². The first kappa shape index (κ1) is 25.4. The smallest absolute Gasteiger partial charge is 0.229 e. The number of nitrogens with one attached hydrogen (secondary N) is 3. The molecule has 3 rings (SSSR count). The number of anilines is 1. The van der Waals surface area contributed by atoms with Gasteiger partial charge in [0.2, 0.25) is 5.91 Å². The number of pyridine rings is 1. The summed E-state index contributed by atoms with van der Waals surface area (Å²) >= 11 is 6.39. The number of aliphatic imine (C=N–C) groups is 1. The third-order valence-electron chi connectivity index (χ3n) is 6.04. The van der Waals surface area contributed by atoms with Gasteiger partial charge in [-0.2, -0.15) is 0 Å². The Balaban J connectivity index is 1.61. The van der Waals surface area contributed by atoms with Gasteiger partial charge in [0, 0.05) is 56.2 Å². The van der Waals surface area contributed by atoms with Crippen LogP contribution in [0.1, 0.15) is 51.5 Å². The van der Waals surface area contributed by atoms with Crippen LogP contribution >= 0.6 is 11.6 Å². The van der Waals surface area contributed by atoms with E-state index in [1.807, 2.05) is 19.2 Å². The number of halogens is 1. The lowest BCUT2D eigenvalue weighted by Gasteiger charge is -2.22. The van der Waals surface area contributed by atoms with Crippen LogP contribution in [-0.2, 0) is 9.53 Å². The minimum atomic E-state index is -0.0293. The molecule has 1 amide bonds. The number of aromatic nitrogens is 1. The largest absolute Gasteiger partial charge is 0.384 e. The van der Waals surface area contributed by atoms with Crippen LogP contribution in [0.25, 0.3) is 5.57 Å². The SMILES string of the molecule is CC/C=C(/C=N/C=C(\C)c1cc(NC(=O)C2CCCNC2)ncc1Cl)NCC1CCOCC1. The van der Waals surface area contributed by atoms with Gasteiger partial charge in [-0.1, -0.05) is 24.6 Å². The average molecular weight is 474 g/mol. The molecule has 33 heavy (non-hydrogen) atoms. The van der Waals surface area contributed by atoms with Crippen molar-refractivity contribution in [3.8, 4) is 0 Å². The Morgan fingerprint density at radius 2 is 2.18 bits per heavy atom. The lowest BCUT2D eigenvalue weighted by molar-refractivity contribution is -0.120. The monoisotopic (exact) mass is 473 g/mol. The Labute approximate surface area is 202 Å². The fraction of sp³-hybridized carbons (Fsp3) is 0.560. The molecule has 0 radical (unpaired) electrons. The van der Waals surface area contributed by atoms with Crippen LogP contribution in [0, 0.1) is 11.8 Å². The number of carbonyl (C=O) groups excluding carboxylic acids is 1. The van der Waals surface area contributed by atoms with Gasteiger partial charge in [-0.15, -0.1) is 0 Å². The van der Waals surface area contributed by atoms with Gasteiger partial charge in [0.25, 0.3) is 0 Å². The number of hydrogen-bond donors (Lipinski definition) is 3. The highest BCUT2D eigenvalue weighted by atomic mass is 35.5. The Kier molecular flexibility index (Phi) is 10.4. The molecule has 8 heteroatoms. The molecule has 7 nitrogen and oxygen atoms in total. The first-order valence-corrected chi connectivity index (χ1v) is 12.3. The van der Waals surface area contributed by atoms with Crippen molar-refractivity contribution in [2.45, 2.75) is 46.0 Å². The van der Waals surface area contributed by atoms with Crippen molar-refractivity contribution in [1.29, 1.82) is 0 Å². The summed E-state index contributed by atoms with van der Waals surface area (Å²) in [7, 11) is 0. The lowest BCUT2D eigenvalue weighted by atomic mass is 9.99. The zero-order valence-corrected chi connectivity index (χ0v) is 20.5. The normalized spacial score (nSPS) is 20.8. The summed E-state index contributed by atoms with van der Waals surface area (Å²) in [6.45, 7) is 8.37. The number of carbonyl (C=O) groups is 1. The van der Waals surface area contributed by atoms with E-state index in [1.54, 1.807) is 12.4 Å². The first-order valence-electron chi connectivity index (χ1n) is 12.0. The molecule has 1 aromatic rings. The van der Waals surface area contributed by atoms with Gasteiger partial charge >= 0.3 is 0 Å². The van der Waals surface area contributed by atoms with Crippen LogP contribution in [0.15, 0.2) is 35.2 Å². The molecule has 3 N–H and O–H groups in total. The van der Waals surface area contributed by atoms with Crippen molar-refractivity contribution in [3.05, 3.63) is 40.8 Å². The highest BCUT2D eigenvalue weighted by Crippen LogP contribution is 2.26. The Bertz CT molecular complexity index is 872. The molecule has 0 spiro atoms. The summed E-state index contributed by atoms with van der Waals surface area (Å²) < 4.78 is 5.44. The molecule has 0 saturated carbocycles. The summed E-state index contributed by atoms with van der Waals surface area (Å²) in [5.41, 5.74) is 2.72. The number of ether oxygens (including phenoxy) is 1. The minimum Gasteiger partial charge on any atom is -0.384 e. The third-order valence-corrected chi connectivity index (χ3v) is 6.34. The van der Waals surface area contributed by atoms with E-state index in [4.69, 9.17) is 16.3 Å². The fourth-order valence-corrected chi connectivity index (χ4v) is 4.27. The summed E-state index contributed by atoms with van der Waals surface area (Å²) in [5, 5.41) is 10.2. The highest BCUT2D eigenvalue weighted by Gasteiger charge is 2.21. The average Bonchev–Trinajstić information content (AvgIpc) is 2.84. The van der Waals surface area contributed by atoms with Gasteiger partial charge < -0.3 is 20.7 Å². The zero-order chi connectivity index (χ0) is 23.5. The quantitative estimate of drug-likeness (QED) is 0.462. The van der Waals surface area contributed by atoms with Gasteiger partial charge in [-0.05, 0) is 63.1 Å². The van der Waals surface area contributed by atoms with E-state index in [0.29, 0.717) is 23.3 Å². The van der Waals surface area contributed by atoms with Gasteiger partial charge in [0.1, 0.15) is 5.82 Å². The van der Waals surface area contributed by atoms with Crippen LogP contribution in [-0.4, -0.2) is 50.0 Å². The fourth-order valence-electron chi connectivity index (χ4n) is 4.02. The van der Waals surface area contributed by atoms with Crippen LogP contribution in [0.2, 0.25) is 5.02 Å². The summed E-state index contributed by atoms with van der Waals surface area (Å²) in [5.74, 6) is 1.11. The van der Waals surface area contributed by atoms with E-state index < -0.39 is 0 Å². The van der Waals surface area contributed by atoms with Crippen molar-refractivity contribution in [2.24, 2.45) is 16.8 Å². The van der Waals surface area contributed by atoms with Crippen molar-refractivity contribution in [2.75, 3.05) is 38.2 Å². The second-order valence-corrected chi connectivity index (χ2v) is 9.08. The van der Waals surface area contributed by atoms with Crippen LogP contribution in [0.4, 0.5) is 5.82 Å². The molecule has 1 aromatic heterocycles. The van der Waals surface area contributed by atoms with Crippen molar-refractivity contribution < 1.29 is 9.53 Å². The lowest BCUT2D eigenvalue weighted by Crippen LogP contribution is -2.37. The zero-order valence-electron chi connectivity index (χ0n) is 19.7. The maximum absolute atomic E-state index is 12.5. The van der Waals surface area contributed by atoms with E-state index in [-0.39, 0.29) is 11.8 Å². The maximum Gasteiger partial charge on any atom is 0.229 e. The molecule has 2 saturated heterocycles. The van der Waals surface area contributed by atoms with Crippen LogP contribution < -0.4 is 16.0 Å². The molecule has 0 bridgehead atoms. The second-order valence-electron chi connectivity index (χ2n) is 8.68. The number of nitrogens with zero attached hydrogens (tertiary/aromatic N) is 2. The number of rotatable bonds is 9. The molecule has 0 aromatic carbocycles.